The van der Waals surface area contributed by atoms with Gasteiger partial charge in [-0.05, 0) is 36.8 Å². The second-order valence-corrected chi connectivity index (χ2v) is 8.45. The zero-order valence-corrected chi connectivity index (χ0v) is 16.9. The first-order chi connectivity index (χ1) is 12.1. The summed E-state index contributed by atoms with van der Waals surface area (Å²) in [5.74, 6) is 0.706. The van der Waals surface area contributed by atoms with Crippen LogP contribution in [0.4, 0.5) is 0 Å². The largest absolute Gasteiger partial charge is 0.348 e. The predicted molar refractivity (Wildman–Crippen MR) is 108 cm³/mol. The van der Waals surface area contributed by atoms with E-state index in [9.17, 15) is 4.79 Å². The monoisotopic (exact) mass is 432 g/mol. The van der Waals surface area contributed by atoms with E-state index in [4.69, 9.17) is 0 Å². The Morgan fingerprint density at radius 3 is 2.84 bits per heavy atom. The summed E-state index contributed by atoms with van der Waals surface area (Å²) in [5, 5.41) is 6.13. The Balaban J connectivity index is 1.65. The van der Waals surface area contributed by atoms with Gasteiger partial charge in [0.25, 0.3) is 5.91 Å². The lowest BCUT2D eigenvalue weighted by molar-refractivity contribution is 0.0948. The van der Waals surface area contributed by atoms with Crippen LogP contribution in [0.5, 0.6) is 0 Å². The fourth-order valence-corrected chi connectivity index (χ4v) is 4.44. The van der Waals surface area contributed by atoms with Gasteiger partial charge in [0, 0.05) is 27.0 Å². The highest BCUT2D eigenvalue weighted by molar-refractivity contribution is 9.10. The number of thioether (sulfide) groups is 1. The molecule has 1 aromatic heterocycles. The average Bonchev–Trinajstić information content (AvgIpc) is 3.03. The fourth-order valence-electron chi connectivity index (χ4n) is 2.33. The molecule has 1 N–H and O–H groups in total. The van der Waals surface area contributed by atoms with Crippen molar-refractivity contribution in [3.8, 4) is 0 Å². The van der Waals surface area contributed by atoms with Gasteiger partial charge in [-0.1, -0.05) is 40.2 Å². The molecule has 3 rings (SSSR count). The normalized spacial score (nSPS) is 10.6. The van der Waals surface area contributed by atoms with Crippen LogP contribution in [0.1, 0.15) is 26.6 Å². The molecule has 0 spiro atoms. The van der Waals surface area contributed by atoms with Crippen molar-refractivity contribution >= 4 is 44.9 Å². The SMILES string of the molecule is Cc1nc(CSc2ccccc2C(=O)NCc2cccc(Br)c2)cs1. The van der Waals surface area contributed by atoms with Gasteiger partial charge in [-0.25, -0.2) is 4.98 Å². The maximum absolute atomic E-state index is 12.6. The van der Waals surface area contributed by atoms with Crippen molar-refractivity contribution in [3.05, 3.63) is 80.2 Å². The van der Waals surface area contributed by atoms with Gasteiger partial charge >= 0.3 is 0 Å². The number of aromatic nitrogens is 1. The lowest BCUT2D eigenvalue weighted by Crippen LogP contribution is -2.23. The Bertz CT molecular complexity index is 879. The number of aryl methyl sites for hydroxylation is 1. The van der Waals surface area contributed by atoms with E-state index < -0.39 is 0 Å². The van der Waals surface area contributed by atoms with Crippen LogP contribution in [0.2, 0.25) is 0 Å². The van der Waals surface area contributed by atoms with Crippen LogP contribution >= 0.6 is 39.0 Å². The third kappa shape index (κ3) is 5.17. The van der Waals surface area contributed by atoms with Crippen LogP contribution < -0.4 is 5.32 Å². The van der Waals surface area contributed by atoms with E-state index in [-0.39, 0.29) is 5.91 Å². The first-order valence-corrected chi connectivity index (χ1v) is 10.4. The molecule has 3 nitrogen and oxygen atoms in total. The standard InChI is InChI=1S/C19H17BrN2OS2/c1-13-22-16(11-24-13)12-25-18-8-3-2-7-17(18)19(23)21-10-14-5-4-6-15(20)9-14/h2-9,11H,10,12H2,1H3,(H,21,23). The van der Waals surface area contributed by atoms with E-state index in [0.29, 0.717) is 12.1 Å². The van der Waals surface area contributed by atoms with Gasteiger partial charge in [0.1, 0.15) is 0 Å². The minimum Gasteiger partial charge on any atom is -0.348 e. The Morgan fingerprint density at radius 2 is 2.08 bits per heavy atom. The summed E-state index contributed by atoms with van der Waals surface area (Å²) in [6.07, 6.45) is 0. The molecule has 1 heterocycles. The van der Waals surface area contributed by atoms with Crippen LogP contribution in [0.15, 0.2) is 63.3 Å². The highest BCUT2D eigenvalue weighted by atomic mass is 79.9. The number of hydrogen-bond acceptors (Lipinski definition) is 4. The number of halogens is 1. The quantitative estimate of drug-likeness (QED) is 0.527. The van der Waals surface area contributed by atoms with Gasteiger partial charge in [-0.3, -0.25) is 4.79 Å². The molecule has 0 saturated carbocycles. The minimum absolute atomic E-state index is 0.0578. The van der Waals surface area contributed by atoms with Gasteiger partial charge < -0.3 is 5.32 Å². The summed E-state index contributed by atoms with van der Waals surface area (Å²) in [6.45, 7) is 2.50. The van der Waals surface area contributed by atoms with E-state index in [2.05, 4.69) is 31.6 Å². The highest BCUT2D eigenvalue weighted by Gasteiger charge is 2.12. The number of thiazole rings is 1. The molecule has 25 heavy (non-hydrogen) atoms. The van der Waals surface area contributed by atoms with Crippen molar-refractivity contribution in [3.63, 3.8) is 0 Å². The summed E-state index contributed by atoms with van der Waals surface area (Å²) in [5.41, 5.74) is 2.82. The number of nitrogens with zero attached hydrogens (tertiary/aromatic N) is 1. The molecule has 128 valence electrons. The smallest absolute Gasteiger partial charge is 0.252 e. The summed E-state index contributed by atoms with van der Waals surface area (Å²) < 4.78 is 1.01. The number of amides is 1. The van der Waals surface area contributed by atoms with Crippen molar-refractivity contribution in [2.75, 3.05) is 0 Å². The number of hydrogen-bond donors (Lipinski definition) is 1. The average molecular weight is 433 g/mol. The van der Waals surface area contributed by atoms with Crippen LogP contribution in [0, 0.1) is 6.92 Å². The molecule has 0 bridgehead atoms. The molecule has 1 amide bonds. The molecule has 3 aromatic rings. The summed E-state index contributed by atoms with van der Waals surface area (Å²) in [6, 6.07) is 15.6. The molecule has 0 fully saturated rings. The Labute approximate surface area is 164 Å². The zero-order valence-electron chi connectivity index (χ0n) is 13.7. The van der Waals surface area contributed by atoms with E-state index >= 15 is 0 Å². The summed E-state index contributed by atoms with van der Waals surface area (Å²) in [7, 11) is 0. The third-order valence-electron chi connectivity index (χ3n) is 3.52. The summed E-state index contributed by atoms with van der Waals surface area (Å²) >= 11 is 6.74. The molecular weight excluding hydrogens is 416 g/mol. The number of carbonyl (C=O) groups excluding carboxylic acids is 1. The van der Waals surface area contributed by atoms with Crippen LogP contribution in [-0.2, 0) is 12.3 Å². The lowest BCUT2D eigenvalue weighted by Gasteiger charge is -2.10. The van der Waals surface area contributed by atoms with Crippen LogP contribution in [-0.4, -0.2) is 10.9 Å². The van der Waals surface area contributed by atoms with Crippen LogP contribution in [0.25, 0.3) is 0 Å². The van der Waals surface area contributed by atoms with Gasteiger partial charge in [-0.2, -0.15) is 0 Å². The third-order valence-corrected chi connectivity index (χ3v) is 5.94. The molecule has 0 aliphatic heterocycles. The molecule has 0 unspecified atom stereocenters. The zero-order chi connectivity index (χ0) is 17.6. The van der Waals surface area contributed by atoms with E-state index in [1.165, 1.54) is 0 Å². The topological polar surface area (TPSA) is 42.0 Å². The van der Waals surface area contributed by atoms with Crippen molar-refractivity contribution in [2.45, 2.75) is 24.1 Å². The van der Waals surface area contributed by atoms with E-state index in [1.807, 2.05) is 55.5 Å². The molecule has 6 heteroatoms. The fraction of sp³-hybridized carbons (Fsp3) is 0.158. The second-order valence-electron chi connectivity index (χ2n) is 5.46. The van der Waals surface area contributed by atoms with E-state index in [1.54, 1.807) is 23.1 Å². The number of rotatable bonds is 6. The van der Waals surface area contributed by atoms with Gasteiger partial charge in [-0.15, -0.1) is 23.1 Å². The molecular formula is C19H17BrN2OS2. The van der Waals surface area contributed by atoms with Crippen molar-refractivity contribution in [2.24, 2.45) is 0 Å². The van der Waals surface area contributed by atoms with Gasteiger partial charge in [0.15, 0.2) is 0 Å². The summed E-state index contributed by atoms with van der Waals surface area (Å²) in [4.78, 5) is 18.0. The Kier molecular flexibility index (Phi) is 6.29. The lowest BCUT2D eigenvalue weighted by atomic mass is 10.2. The maximum atomic E-state index is 12.6. The number of benzene rings is 2. The van der Waals surface area contributed by atoms with Gasteiger partial charge in [0.2, 0.25) is 0 Å². The number of nitrogens with one attached hydrogen (secondary N) is 1. The molecule has 0 radical (unpaired) electrons. The minimum atomic E-state index is -0.0578. The number of carbonyl (C=O) groups is 1. The van der Waals surface area contributed by atoms with Crippen molar-refractivity contribution < 1.29 is 4.79 Å². The van der Waals surface area contributed by atoms with Gasteiger partial charge in [0.05, 0.1) is 16.3 Å². The van der Waals surface area contributed by atoms with Crippen molar-refractivity contribution in [1.82, 2.24) is 10.3 Å². The molecule has 0 aliphatic rings. The molecule has 0 aliphatic carbocycles. The molecule has 2 aromatic carbocycles. The van der Waals surface area contributed by atoms with Crippen LogP contribution in [0.3, 0.4) is 0 Å². The first-order valence-electron chi connectivity index (χ1n) is 7.77. The first kappa shape index (κ1) is 18.2. The van der Waals surface area contributed by atoms with E-state index in [0.717, 1.165) is 31.4 Å². The predicted octanol–water partition coefficient (Wildman–Crippen LogP) is 5.44. The van der Waals surface area contributed by atoms with Crippen molar-refractivity contribution in [1.29, 1.82) is 0 Å². The highest BCUT2D eigenvalue weighted by Crippen LogP contribution is 2.27. The Morgan fingerprint density at radius 1 is 1.24 bits per heavy atom. The Hall–Kier alpha value is -1.63. The molecule has 0 atom stereocenters. The maximum Gasteiger partial charge on any atom is 0.252 e. The second kappa shape index (κ2) is 8.65. The molecule has 0 saturated heterocycles.